The van der Waals surface area contributed by atoms with Gasteiger partial charge in [0.1, 0.15) is 0 Å². The van der Waals surface area contributed by atoms with Crippen molar-refractivity contribution < 1.29 is 9.28 Å². The second kappa shape index (κ2) is 14.7. The summed E-state index contributed by atoms with van der Waals surface area (Å²) >= 11 is 0. The lowest BCUT2D eigenvalue weighted by Crippen LogP contribution is -2.37. The van der Waals surface area contributed by atoms with Crippen molar-refractivity contribution >= 4 is 5.91 Å². The summed E-state index contributed by atoms with van der Waals surface area (Å²) in [4.78, 5) is 14.0. The van der Waals surface area contributed by atoms with Crippen LogP contribution < -0.4 is 0 Å². The lowest BCUT2D eigenvalue weighted by Gasteiger charge is -2.25. The van der Waals surface area contributed by atoms with E-state index in [-0.39, 0.29) is 0 Å². The van der Waals surface area contributed by atoms with Crippen molar-refractivity contribution in [3.63, 3.8) is 0 Å². The van der Waals surface area contributed by atoms with Crippen LogP contribution in [0.5, 0.6) is 0 Å². The molecule has 3 nitrogen and oxygen atoms in total. The molecule has 0 aliphatic carbocycles. The Hall–Kier alpha value is -0.570. The third-order valence-corrected chi connectivity index (χ3v) is 4.74. The van der Waals surface area contributed by atoms with E-state index in [9.17, 15) is 4.79 Å². The maximum atomic E-state index is 12.1. The smallest absolute Gasteiger partial charge is 0.222 e. The number of unbranched alkanes of at least 4 members (excludes halogenated alkanes) is 10. The molecule has 24 heavy (non-hydrogen) atoms. The fourth-order valence-corrected chi connectivity index (χ4v) is 3.04. The van der Waals surface area contributed by atoms with Crippen molar-refractivity contribution in [2.75, 3.05) is 41.3 Å². The number of hydrogen-bond donors (Lipinski definition) is 0. The molecule has 0 aliphatic rings. The molecule has 1 amide bonds. The zero-order chi connectivity index (χ0) is 18.3. The van der Waals surface area contributed by atoms with Crippen LogP contribution in [-0.2, 0) is 4.79 Å². The number of nitrogens with zero attached hydrogens (tertiary/aromatic N) is 2. The van der Waals surface area contributed by atoms with E-state index in [4.69, 9.17) is 0 Å². The molecule has 0 rings (SSSR count). The van der Waals surface area contributed by atoms with Crippen LogP contribution in [-0.4, -0.2) is 56.6 Å². The lowest BCUT2D eigenvalue weighted by atomic mass is 10.1. The van der Waals surface area contributed by atoms with Gasteiger partial charge in [-0.05, 0) is 6.42 Å². The number of rotatable bonds is 16. The van der Waals surface area contributed by atoms with Crippen molar-refractivity contribution in [1.82, 2.24) is 4.90 Å². The number of carbonyl (C=O) groups is 1. The van der Waals surface area contributed by atoms with Crippen LogP contribution >= 0.6 is 0 Å². The summed E-state index contributed by atoms with van der Waals surface area (Å²) in [6, 6.07) is 0. The normalized spacial score (nSPS) is 11.7. The van der Waals surface area contributed by atoms with Gasteiger partial charge in [0.2, 0.25) is 5.91 Å². The number of carbonyl (C=O) groups excluding carboxylic acids is 1. The summed E-state index contributed by atoms with van der Waals surface area (Å²) in [7, 11) is 8.56. The maximum absolute atomic E-state index is 12.1. The Bertz CT molecular complexity index is 297. The highest BCUT2D eigenvalue weighted by molar-refractivity contribution is 5.75. The lowest BCUT2D eigenvalue weighted by molar-refractivity contribution is -0.870. The summed E-state index contributed by atoms with van der Waals surface area (Å²) in [5.41, 5.74) is 0. The molecule has 0 aromatic rings. The first-order valence-electron chi connectivity index (χ1n) is 10.4. The minimum absolute atomic E-state index is 0.326. The van der Waals surface area contributed by atoms with E-state index in [1.54, 1.807) is 0 Å². The third kappa shape index (κ3) is 16.3. The highest BCUT2D eigenvalue weighted by Crippen LogP contribution is 2.12. The zero-order valence-corrected chi connectivity index (χ0v) is 17.4. The molecule has 0 saturated carbocycles. The van der Waals surface area contributed by atoms with Gasteiger partial charge in [0, 0.05) is 26.4 Å². The van der Waals surface area contributed by atoms with Crippen LogP contribution in [0.2, 0.25) is 0 Å². The minimum Gasteiger partial charge on any atom is -0.346 e. The SMILES string of the molecule is CCCCCCCCCCCCCC(=O)N(C)CCC[N+](C)(C)C. The van der Waals surface area contributed by atoms with Gasteiger partial charge in [0.15, 0.2) is 0 Å². The van der Waals surface area contributed by atoms with Crippen molar-refractivity contribution in [1.29, 1.82) is 0 Å². The highest BCUT2D eigenvalue weighted by atomic mass is 16.2. The zero-order valence-electron chi connectivity index (χ0n) is 17.4. The molecule has 0 saturated heterocycles. The Morgan fingerprint density at radius 2 is 1.21 bits per heavy atom. The molecule has 0 bridgehead atoms. The maximum Gasteiger partial charge on any atom is 0.222 e. The molecule has 0 aromatic carbocycles. The van der Waals surface area contributed by atoms with Gasteiger partial charge in [-0.1, -0.05) is 71.1 Å². The predicted octanol–water partition coefficient (Wildman–Crippen LogP) is 5.24. The summed E-state index contributed by atoms with van der Waals surface area (Å²) < 4.78 is 0.973. The molecule has 0 atom stereocenters. The standard InChI is InChI=1S/C21H45N2O/c1-6-7-8-9-10-11-12-13-14-15-16-18-21(24)22(2)19-17-20-23(3,4)5/h6-20H2,1-5H3/q+1. The van der Waals surface area contributed by atoms with Crippen LogP contribution in [0, 0.1) is 0 Å². The second-order valence-corrected chi connectivity index (χ2v) is 8.47. The monoisotopic (exact) mass is 341 g/mol. The molecule has 0 radical (unpaired) electrons. The molecule has 0 heterocycles. The molecule has 0 aliphatic heterocycles. The average molecular weight is 342 g/mol. The molecule has 3 heteroatoms. The average Bonchev–Trinajstić information content (AvgIpc) is 2.51. The Kier molecular flexibility index (Phi) is 14.4. The van der Waals surface area contributed by atoms with E-state index in [0.29, 0.717) is 5.91 Å². The van der Waals surface area contributed by atoms with Gasteiger partial charge in [0.05, 0.1) is 27.7 Å². The van der Waals surface area contributed by atoms with Gasteiger partial charge in [-0.15, -0.1) is 0 Å². The van der Waals surface area contributed by atoms with E-state index in [2.05, 4.69) is 28.1 Å². The van der Waals surface area contributed by atoms with Crippen molar-refractivity contribution in [3.8, 4) is 0 Å². The van der Waals surface area contributed by atoms with Crippen LogP contribution in [0.15, 0.2) is 0 Å². The van der Waals surface area contributed by atoms with Crippen molar-refractivity contribution in [2.45, 2.75) is 90.4 Å². The van der Waals surface area contributed by atoms with E-state index < -0.39 is 0 Å². The number of hydrogen-bond acceptors (Lipinski definition) is 1. The van der Waals surface area contributed by atoms with Crippen LogP contribution in [0.3, 0.4) is 0 Å². The number of quaternary nitrogens is 1. The first kappa shape index (κ1) is 23.4. The van der Waals surface area contributed by atoms with Gasteiger partial charge in [-0.3, -0.25) is 4.79 Å². The molecule has 0 aromatic heterocycles. The fraction of sp³-hybridized carbons (Fsp3) is 0.952. The Labute approximate surface area is 152 Å². The van der Waals surface area contributed by atoms with E-state index in [0.717, 1.165) is 36.8 Å². The fourth-order valence-electron chi connectivity index (χ4n) is 3.04. The summed E-state index contributed by atoms with van der Waals surface area (Å²) in [5, 5.41) is 0. The molecular formula is C21H45N2O+. The van der Waals surface area contributed by atoms with Gasteiger partial charge in [0.25, 0.3) is 0 Å². The van der Waals surface area contributed by atoms with Gasteiger partial charge < -0.3 is 9.38 Å². The Morgan fingerprint density at radius 1 is 0.750 bits per heavy atom. The first-order chi connectivity index (χ1) is 11.4. The summed E-state index contributed by atoms with van der Waals surface area (Å²) in [6.07, 6.45) is 16.5. The quantitative estimate of drug-likeness (QED) is 0.278. The topological polar surface area (TPSA) is 20.3 Å². The van der Waals surface area contributed by atoms with Crippen LogP contribution in [0.4, 0.5) is 0 Å². The van der Waals surface area contributed by atoms with Gasteiger partial charge in [-0.2, -0.15) is 0 Å². The largest absolute Gasteiger partial charge is 0.346 e. The van der Waals surface area contributed by atoms with E-state index in [1.165, 1.54) is 64.2 Å². The van der Waals surface area contributed by atoms with Gasteiger partial charge in [-0.25, -0.2) is 0 Å². The van der Waals surface area contributed by atoms with Crippen molar-refractivity contribution in [3.05, 3.63) is 0 Å². The summed E-state index contributed by atoms with van der Waals surface area (Å²) in [5.74, 6) is 0.326. The van der Waals surface area contributed by atoms with E-state index in [1.807, 2.05) is 11.9 Å². The Morgan fingerprint density at radius 3 is 1.67 bits per heavy atom. The minimum atomic E-state index is 0.326. The molecule has 144 valence electrons. The van der Waals surface area contributed by atoms with Crippen LogP contribution in [0.25, 0.3) is 0 Å². The predicted molar refractivity (Wildman–Crippen MR) is 106 cm³/mol. The third-order valence-electron chi connectivity index (χ3n) is 4.74. The second-order valence-electron chi connectivity index (χ2n) is 8.47. The molecule has 0 unspecified atom stereocenters. The van der Waals surface area contributed by atoms with Gasteiger partial charge >= 0.3 is 0 Å². The highest BCUT2D eigenvalue weighted by Gasteiger charge is 2.11. The molecule has 0 fully saturated rings. The Balaban J connectivity index is 3.39. The first-order valence-corrected chi connectivity index (χ1v) is 10.4. The number of amides is 1. The van der Waals surface area contributed by atoms with E-state index >= 15 is 0 Å². The molecule has 0 N–H and O–H groups in total. The molecule has 0 spiro atoms. The summed E-state index contributed by atoms with van der Waals surface area (Å²) in [6.45, 7) is 4.29. The molecular weight excluding hydrogens is 296 g/mol. The van der Waals surface area contributed by atoms with Crippen molar-refractivity contribution in [2.24, 2.45) is 0 Å². The van der Waals surface area contributed by atoms with Crippen LogP contribution in [0.1, 0.15) is 90.4 Å².